The molecule has 0 heterocycles. The van der Waals surface area contributed by atoms with E-state index in [1.807, 2.05) is 31.2 Å². The predicted molar refractivity (Wildman–Crippen MR) is 100 cm³/mol. The molecule has 24 heavy (non-hydrogen) atoms. The summed E-state index contributed by atoms with van der Waals surface area (Å²) >= 11 is 0. The molecule has 0 saturated heterocycles. The topological polar surface area (TPSA) is 50.4 Å². The van der Waals surface area contributed by atoms with Gasteiger partial charge < -0.3 is 15.4 Å². The maximum atomic E-state index is 12.1. The number of hydrogen-bond acceptors (Lipinski definition) is 3. The first-order chi connectivity index (χ1) is 11.2. The fourth-order valence-corrected chi connectivity index (χ4v) is 2.24. The Bertz CT molecular complexity index is 647. The molecule has 0 atom stereocenters. The summed E-state index contributed by atoms with van der Waals surface area (Å²) in [6.07, 6.45) is 0. The first-order valence-corrected chi connectivity index (χ1v) is 7.96. The molecule has 0 aromatic heterocycles. The van der Waals surface area contributed by atoms with Gasteiger partial charge in [-0.3, -0.25) is 4.79 Å². The highest BCUT2D eigenvalue weighted by molar-refractivity contribution is 5.94. The van der Waals surface area contributed by atoms with E-state index >= 15 is 0 Å². The van der Waals surface area contributed by atoms with Crippen LogP contribution < -0.4 is 15.4 Å². The van der Waals surface area contributed by atoms with Crippen molar-refractivity contribution in [1.29, 1.82) is 0 Å². The molecule has 130 valence electrons. The van der Waals surface area contributed by atoms with E-state index in [1.54, 1.807) is 12.1 Å². The van der Waals surface area contributed by atoms with Gasteiger partial charge in [0, 0.05) is 18.7 Å². The monoisotopic (exact) mass is 348 g/mol. The Morgan fingerprint density at radius 1 is 1.08 bits per heavy atom. The molecule has 5 heteroatoms. The van der Waals surface area contributed by atoms with Crippen LogP contribution >= 0.6 is 12.4 Å². The minimum Gasteiger partial charge on any atom is -0.489 e. The second kappa shape index (κ2) is 10.7. The van der Waals surface area contributed by atoms with Crippen LogP contribution in [0.5, 0.6) is 5.75 Å². The maximum absolute atomic E-state index is 12.1. The third kappa shape index (κ3) is 6.60. The highest BCUT2D eigenvalue weighted by Gasteiger charge is 2.06. The van der Waals surface area contributed by atoms with Gasteiger partial charge in [-0.25, -0.2) is 0 Å². The molecular weight excluding hydrogens is 324 g/mol. The molecular formula is C19H25ClN2O2. The van der Waals surface area contributed by atoms with E-state index in [-0.39, 0.29) is 18.3 Å². The molecule has 2 N–H and O–H groups in total. The summed E-state index contributed by atoms with van der Waals surface area (Å²) in [5.74, 6) is 0.620. The van der Waals surface area contributed by atoms with Gasteiger partial charge in [0.15, 0.2) is 0 Å². The zero-order valence-electron chi connectivity index (χ0n) is 14.2. The predicted octanol–water partition coefficient (Wildman–Crippen LogP) is 3.34. The maximum Gasteiger partial charge on any atom is 0.251 e. The van der Waals surface area contributed by atoms with Gasteiger partial charge in [-0.1, -0.05) is 42.8 Å². The average Bonchev–Trinajstić information content (AvgIpc) is 2.57. The third-order valence-electron chi connectivity index (χ3n) is 3.42. The fraction of sp³-hybridized carbons (Fsp3) is 0.316. The standard InChI is InChI=1S/C19H24N2O2.ClH/c1-3-20-10-11-21-19(22)17-8-5-9-18(13-17)23-14-16-7-4-6-15(2)12-16;/h4-9,12-13,20H,3,10-11,14H2,1-2H3,(H,21,22);1H. The molecule has 0 saturated carbocycles. The lowest BCUT2D eigenvalue weighted by molar-refractivity contribution is 0.0953. The molecule has 2 rings (SSSR count). The van der Waals surface area contributed by atoms with Crippen LogP contribution in [0.2, 0.25) is 0 Å². The van der Waals surface area contributed by atoms with E-state index < -0.39 is 0 Å². The Kier molecular flexibility index (Phi) is 8.90. The van der Waals surface area contributed by atoms with E-state index in [4.69, 9.17) is 4.74 Å². The molecule has 0 bridgehead atoms. The van der Waals surface area contributed by atoms with Crippen LogP contribution in [0, 0.1) is 6.92 Å². The quantitative estimate of drug-likeness (QED) is 0.719. The number of nitrogens with one attached hydrogen (secondary N) is 2. The average molecular weight is 349 g/mol. The smallest absolute Gasteiger partial charge is 0.251 e. The molecule has 0 aliphatic heterocycles. The van der Waals surface area contributed by atoms with Crippen LogP contribution in [-0.4, -0.2) is 25.5 Å². The molecule has 0 unspecified atom stereocenters. The summed E-state index contributed by atoms with van der Waals surface area (Å²) in [7, 11) is 0. The number of aryl methyl sites for hydroxylation is 1. The second-order valence-electron chi connectivity index (χ2n) is 5.42. The number of carbonyl (C=O) groups excluding carboxylic acids is 1. The Morgan fingerprint density at radius 3 is 2.62 bits per heavy atom. The van der Waals surface area contributed by atoms with Gasteiger partial charge in [0.1, 0.15) is 12.4 Å². The minimum atomic E-state index is -0.0797. The van der Waals surface area contributed by atoms with E-state index in [1.165, 1.54) is 5.56 Å². The first kappa shape index (κ1) is 20.0. The van der Waals surface area contributed by atoms with E-state index in [0.29, 0.717) is 24.5 Å². The molecule has 2 aromatic rings. The van der Waals surface area contributed by atoms with Crippen molar-refractivity contribution in [1.82, 2.24) is 10.6 Å². The lowest BCUT2D eigenvalue weighted by atomic mass is 10.1. The summed E-state index contributed by atoms with van der Waals surface area (Å²) in [5, 5.41) is 6.06. The van der Waals surface area contributed by atoms with Crippen molar-refractivity contribution in [3.05, 3.63) is 65.2 Å². The third-order valence-corrected chi connectivity index (χ3v) is 3.42. The Labute approximate surface area is 150 Å². The lowest BCUT2D eigenvalue weighted by Crippen LogP contribution is -2.31. The summed E-state index contributed by atoms with van der Waals surface area (Å²) in [6, 6.07) is 15.5. The van der Waals surface area contributed by atoms with Crippen LogP contribution in [0.25, 0.3) is 0 Å². The van der Waals surface area contributed by atoms with Crippen LogP contribution in [-0.2, 0) is 6.61 Å². The highest BCUT2D eigenvalue weighted by Crippen LogP contribution is 2.15. The van der Waals surface area contributed by atoms with Gasteiger partial charge in [0.2, 0.25) is 0 Å². The number of rotatable bonds is 8. The second-order valence-corrected chi connectivity index (χ2v) is 5.42. The molecule has 0 radical (unpaired) electrons. The van der Waals surface area contributed by atoms with Crippen molar-refractivity contribution < 1.29 is 9.53 Å². The van der Waals surface area contributed by atoms with Crippen molar-refractivity contribution >= 4 is 18.3 Å². The number of benzene rings is 2. The number of amides is 1. The number of halogens is 1. The summed E-state index contributed by atoms with van der Waals surface area (Å²) < 4.78 is 5.79. The summed E-state index contributed by atoms with van der Waals surface area (Å²) in [4.78, 5) is 12.1. The molecule has 0 spiro atoms. The van der Waals surface area contributed by atoms with Gasteiger partial charge >= 0.3 is 0 Å². The lowest BCUT2D eigenvalue weighted by Gasteiger charge is -2.09. The summed E-state index contributed by atoms with van der Waals surface area (Å²) in [6.45, 7) is 6.87. The Balaban J connectivity index is 0.00000288. The van der Waals surface area contributed by atoms with Gasteiger partial charge in [0.05, 0.1) is 0 Å². The van der Waals surface area contributed by atoms with E-state index in [9.17, 15) is 4.79 Å². The minimum absolute atomic E-state index is 0. The molecule has 4 nitrogen and oxygen atoms in total. The molecule has 1 amide bonds. The van der Waals surface area contributed by atoms with Crippen molar-refractivity contribution in [3.63, 3.8) is 0 Å². The van der Waals surface area contributed by atoms with Gasteiger partial charge in [-0.05, 0) is 37.2 Å². The largest absolute Gasteiger partial charge is 0.489 e. The van der Waals surface area contributed by atoms with E-state index in [2.05, 4.69) is 29.7 Å². The van der Waals surface area contributed by atoms with Gasteiger partial charge in [-0.2, -0.15) is 0 Å². The highest BCUT2D eigenvalue weighted by atomic mass is 35.5. The van der Waals surface area contributed by atoms with Gasteiger partial charge in [-0.15, -0.1) is 12.4 Å². The van der Waals surface area contributed by atoms with Crippen molar-refractivity contribution in [2.45, 2.75) is 20.5 Å². The van der Waals surface area contributed by atoms with Crippen LogP contribution in [0.1, 0.15) is 28.4 Å². The number of likely N-dealkylation sites (N-methyl/N-ethyl adjacent to an activating group) is 1. The molecule has 2 aromatic carbocycles. The van der Waals surface area contributed by atoms with Crippen LogP contribution in [0.15, 0.2) is 48.5 Å². The Morgan fingerprint density at radius 2 is 1.88 bits per heavy atom. The Hall–Kier alpha value is -2.04. The first-order valence-electron chi connectivity index (χ1n) is 7.96. The zero-order chi connectivity index (χ0) is 16.5. The number of hydrogen-bond donors (Lipinski definition) is 2. The number of ether oxygens (including phenoxy) is 1. The summed E-state index contributed by atoms with van der Waals surface area (Å²) in [5.41, 5.74) is 2.94. The van der Waals surface area contributed by atoms with Crippen molar-refractivity contribution in [2.24, 2.45) is 0 Å². The normalized spacial score (nSPS) is 9.92. The SMILES string of the molecule is CCNCCNC(=O)c1cccc(OCc2cccc(C)c2)c1.Cl. The van der Waals surface area contributed by atoms with Crippen molar-refractivity contribution in [3.8, 4) is 5.75 Å². The number of carbonyl (C=O) groups is 1. The molecule has 0 aliphatic rings. The van der Waals surface area contributed by atoms with E-state index in [0.717, 1.165) is 18.7 Å². The van der Waals surface area contributed by atoms with Crippen LogP contribution in [0.3, 0.4) is 0 Å². The zero-order valence-corrected chi connectivity index (χ0v) is 15.0. The van der Waals surface area contributed by atoms with Crippen LogP contribution in [0.4, 0.5) is 0 Å². The fourth-order valence-electron chi connectivity index (χ4n) is 2.24. The van der Waals surface area contributed by atoms with Gasteiger partial charge in [0.25, 0.3) is 5.91 Å². The molecule has 0 aliphatic carbocycles. The van der Waals surface area contributed by atoms with Crippen molar-refractivity contribution in [2.75, 3.05) is 19.6 Å². The molecule has 0 fully saturated rings.